The molecule has 2 aliphatic heterocycles. The van der Waals surface area contributed by atoms with Crippen LogP contribution >= 0.6 is 0 Å². The molecule has 0 aliphatic carbocycles. The van der Waals surface area contributed by atoms with E-state index in [9.17, 15) is 9.59 Å². The van der Waals surface area contributed by atoms with Gasteiger partial charge in [0.05, 0.1) is 12.0 Å². The molecule has 0 radical (unpaired) electrons. The highest BCUT2D eigenvalue weighted by Gasteiger charge is 2.44. The van der Waals surface area contributed by atoms with E-state index >= 15 is 0 Å². The number of piperidine rings is 1. The average Bonchev–Trinajstić information content (AvgIpc) is 2.60. The van der Waals surface area contributed by atoms with Crippen molar-refractivity contribution >= 4 is 22.6 Å². The van der Waals surface area contributed by atoms with Crippen LogP contribution < -0.4 is 4.74 Å². The average molecular weight is 367 g/mol. The number of rotatable bonds is 0. The Morgan fingerprint density at radius 2 is 1.81 bits per heavy atom. The summed E-state index contributed by atoms with van der Waals surface area (Å²) >= 11 is 0. The Hall–Kier alpha value is -2.56. The van der Waals surface area contributed by atoms with E-state index < -0.39 is 11.2 Å². The van der Waals surface area contributed by atoms with Gasteiger partial charge in [0.1, 0.15) is 17.0 Å². The molecule has 0 unspecified atom stereocenters. The molecule has 2 heterocycles. The summed E-state index contributed by atoms with van der Waals surface area (Å²) in [6.45, 7) is 6.65. The molecule has 2 aromatic carbocycles. The highest BCUT2D eigenvalue weighted by Crippen LogP contribution is 2.42. The second-order valence-corrected chi connectivity index (χ2v) is 8.51. The minimum absolute atomic E-state index is 0.124. The molecule has 2 aliphatic rings. The van der Waals surface area contributed by atoms with Gasteiger partial charge in [-0.1, -0.05) is 30.3 Å². The molecule has 27 heavy (non-hydrogen) atoms. The minimum atomic E-state index is -0.523. The zero-order valence-corrected chi connectivity index (χ0v) is 16.1. The van der Waals surface area contributed by atoms with Gasteiger partial charge in [0.15, 0.2) is 5.78 Å². The van der Waals surface area contributed by atoms with Gasteiger partial charge < -0.3 is 14.4 Å². The number of hydrogen-bond donors (Lipinski definition) is 0. The maximum Gasteiger partial charge on any atom is 0.410 e. The number of nitrogens with zero attached hydrogens (tertiary/aromatic N) is 1. The molecule has 0 atom stereocenters. The second-order valence-electron chi connectivity index (χ2n) is 8.51. The molecule has 5 heteroatoms. The Morgan fingerprint density at radius 1 is 1.11 bits per heavy atom. The Kier molecular flexibility index (Phi) is 4.13. The minimum Gasteiger partial charge on any atom is -0.486 e. The monoisotopic (exact) mass is 367 g/mol. The number of ether oxygens (including phenoxy) is 2. The van der Waals surface area contributed by atoms with Crippen LogP contribution in [0.5, 0.6) is 5.75 Å². The molecule has 1 amide bonds. The SMILES string of the molecule is CC(C)(C)OC(=O)N1CCC2(CC1)CC(=O)c1c(ccc3ccccc13)O2. The van der Waals surface area contributed by atoms with Crippen LogP contribution in [0.25, 0.3) is 10.8 Å². The first-order valence-corrected chi connectivity index (χ1v) is 9.48. The summed E-state index contributed by atoms with van der Waals surface area (Å²) in [6.07, 6.45) is 1.32. The van der Waals surface area contributed by atoms with E-state index in [0.29, 0.717) is 43.7 Å². The number of fused-ring (bicyclic) bond motifs is 3. The molecule has 0 aromatic heterocycles. The van der Waals surface area contributed by atoms with Crippen molar-refractivity contribution in [3.63, 3.8) is 0 Å². The smallest absolute Gasteiger partial charge is 0.410 e. The fraction of sp³-hybridized carbons (Fsp3) is 0.455. The van der Waals surface area contributed by atoms with Crippen molar-refractivity contribution in [1.82, 2.24) is 4.90 Å². The first kappa shape index (κ1) is 17.8. The first-order valence-electron chi connectivity index (χ1n) is 9.48. The molecule has 2 aromatic rings. The summed E-state index contributed by atoms with van der Waals surface area (Å²) < 4.78 is 11.8. The largest absolute Gasteiger partial charge is 0.486 e. The third-order valence-corrected chi connectivity index (χ3v) is 5.31. The van der Waals surface area contributed by atoms with Gasteiger partial charge in [-0.05, 0) is 37.6 Å². The third-order valence-electron chi connectivity index (χ3n) is 5.31. The summed E-state index contributed by atoms with van der Waals surface area (Å²) in [4.78, 5) is 27.0. The van der Waals surface area contributed by atoms with Crippen LogP contribution in [-0.4, -0.2) is 41.1 Å². The van der Waals surface area contributed by atoms with Gasteiger partial charge in [-0.25, -0.2) is 4.79 Å². The van der Waals surface area contributed by atoms with E-state index in [0.717, 1.165) is 10.8 Å². The van der Waals surface area contributed by atoms with Gasteiger partial charge >= 0.3 is 6.09 Å². The molecule has 1 saturated heterocycles. The van der Waals surface area contributed by atoms with Crippen LogP contribution in [0.15, 0.2) is 36.4 Å². The first-order chi connectivity index (χ1) is 12.8. The van der Waals surface area contributed by atoms with Crippen molar-refractivity contribution in [1.29, 1.82) is 0 Å². The highest BCUT2D eigenvalue weighted by atomic mass is 16.6. The summed E-state index contributed by atoms with van der Waals surface area (Å²) in [7, 11) is 0. The topological polar surface area (TPSA) is 55.8 Å². The Morgan fingerprint density at radius 3 is 2.52 bits per heavy atom. The van der Waals surface area contributed by atoms with Crippen LogP contribution in [0.1, 0.15) is 50.4 Å². The predicted molar refractivity (Wildman–Crippen MR) is 103 cm³/mol. The van der Waals surface area contributed by atoms with E-state index in [1.54, 1.807) is 4.90 Å². The number of ketones is 1. The van der Waals surface area contributed by atoms with Crippen LogP contribution in [0, 0.1) is 0 Å². The molecule has 0 saturated carbocycles. The normalized spacial score (nSPS) is 18.9. The molecule has 1 fully saturated rings. The molecular weight excluding hydrogens is 342 g/mol. The maximum absolute atomic E-state index is 13.0. The van der Waals surface area contributed by atoms with Crippen LogP contribution in [-0.2, 0) is 4.74 Å². The van der Waals surface area contributed by atoms with Crippen LogP contribution in [0.3, 0.4) is 0 Å². The van der Waals surface area contributed by atoms with Crippen LogP contribution in [0.2, 0.25) is 0 Å². The van der Waals surface area contributed by atoms with Crippen molar-refractivity contribution in [2.75, 3.05) is 13.1 Å². The van der Waals surface area contributed by atoms with Crippen molar-refractivity contribution in [2.45, 2.75) is 51.2 Å². The lowest BCUT2D eigenvalue weighted by atomic mass is 9.81. The Balaban J connectivity index is 1.54. The predicted octanol–water partition coefficient (Wildman–Crippen LogP) is 4.57. The Bertz CT molecular complexity index is 904. The zero-order chi connectivity index (χ0) is 19.2. The standard InChI is InChI=1S/C22H25NO4/c1-21(2,3)27-20(25)23-12-10-22(11-13-23)14-17(24)19-16-7-5-4-6-15(16)8-9-18(19)26-22/h4-9H,10-14H2,1-3H3. The van der Waals surface area contributed by atoms with Crippen LogP contribution in [0.4, 0.5) is 4.79 Å². The molecule has 0 N–H and O–H groups in total. The number of carbonyl (C=O) groups excluding carboxylic acids is 2. The van der Waals surface area contributed by atoms with Gasteiger partial charge in [-0.15, -0.1) is 0 Å². The quantitative estimate of drug-likeness (QED) is 0.684. The van der Waals surface area contributed by atoms with Gasteiger partial charge in [0.2, 0.25) is 0 Å². The van der Waals surface area contributed by atoms with Crippen molar-refractivity contribution in [3.8, 4) is 5.75 Å². The number of amides is 1. The lowest BCUT2D eigenvalue weighted by Gasteiger charge is -2.44. The van der Waals surface area contributed by atoms with Gasteiger partial charge in [0, 0.05) is 25.9 Å². The van der Waals surface area contributed by atoms with Gasteiger partial charge in [0.25, 0.3) is 0 Å². The molecule has 5 nitrogen and oxygen atoms in total. The van der Waals surface area contributed by atoms with Crippen molar-refractivity contribution < 1.29 is 19.1 Å². The lowest BCUT2D eigenvalue weighted by molar-refractivity contribution is -0.0224. The number of carbonyl (C=O) groups is 2. The number of hydrogen-bond acceptors (Lipinski definition) is 4. The lowest BCUT2D eigenvalue weighted by Crippen LogP contribution is -2.53. The number of benzene rings is 2. The van der Waals surface area contributed by atoms with Gasteiger partial charge in [-0.2, -0.15) is 0 Å². The molecule has 1 spiro atoms. The van der Waals surface area contributed by atoms with E-state index in [2.05, 4.69) is 0 Å². The highest BCUT2D eigenvalue weighted by molar-refractivity contribution is 6.11. The molecule has 142 valence electrons. The summed E-state index contributed by atoms with van der Waals surface area (Å²) in [5.41, 5.74) is -0.345. The maximum atomic E-state index is 13.0. The fourth-order valence-corrected chi connectivity index (χ4v) is 3.98. The number of Topliss-reactive ketones (excluding diaryl/α,β-unsaturated/α-hetero) is 1. The van der Waals surface area contributed by atoms with Crippen molar-refractivity contribution in [3.05, 3.63) is 42.0 Å². The van der Waals surface area contributed by atoms with E-state index in [4.69, 9.17) is 9.47 Å². The van der Waals surface area contributed by atoms with Crippen molar-refractivity contribution in [2.24, 2.45) is 0 Å². The Labute approximate surface area is 159 Å². The second kappa shape index (κ2) is 6.25. The summed E-state index contributed by atoms with van der Waals surface area (Å²) in [5.74, 6) is 0.787. The van der Waals surface area contributed by atoms with E-state index in [1.807, 2.05) is 57.2 Å². The zero-order valence-electron chi connectivity index (χ0n) is 16.1. The van der Waals surface area contributed by atoms with E-state index in [-0.39, 0.29) is 11.9 Å². The molecule has 0 bridgehead atoms. The van der Waals surface area contributed by atoms with E-state index in [1.165, 1.54) is 0 Å². The van der Waals surface area contributed by atoms with Gasteiger partial charge in [-0.3, -0.25) is 4.79 Å². The fourth-order valence-electron chi connectivity index (χ4n) is 3.98. The number of likely N-dealkylation sites (tertiary alicyclic amines) is 1. The molecule has 4 rings (SSSR count). The molecular formula is C22H25NO4. The summed E-state index contributed by atoms with van der Waals surface area (Å²) in [6, 6.07) is 11.8. The third kappa shape index (κ3) is 3.38. The summed E-state index contributed by atoms with van der Waals surface area (Å²) in [5, 5.41) is 1.99.